The smallest absolute Gasteiger partial charge is 0.247 e. The second-order valence-corrected chi connectivity index (χ2v) is 7.56. The van der Waals surface area contributed by atoms with Crippen molar-refractivity contribution in [3.05, 3.63) is 0 Å². The van der Waals surface area contributed by atoms with Gasteiger partial charge < -0.3 is 31.5 Å². The van der Waals surface area contributed by atoms with Crippen LogP contribution < -0.4 is 16.8 Å². The number of carbonyl (C=O) groups is 3. The first kappa shape index (κ1) is 33.3. The molecule has 6 N–H and O–H groups in total. The van der Waals surface area contributed by atoms with Crippen molar-refractivity contribution < 1.29 is 19.5 Å². The number of nitrogens with one attached hydrogen (secondary N) is 1. The van der Waals surface area contributed by atoms with Crippen LogP contribution in [0.25, 0.3) is 0 Å². The molecule has 30 heavy (non-hydrogen) atoms. The molecular formula is C22H48N4O4. The van der Waals surface area contributed by atoms with Crippen LogP contribution in [0.5, 0.6) is 0 Å². The molecule has 1 amide bonds. The minimum atomic E-state index is -1.05. The second kappa shape index (κ2) is 23.9. The lowest BCUT2D eigenvalue weighted by atomic mass is 10.0. The van der Waals surface area contributed by atoms with Crippen LogP contribution in [-0.2, 0) is 14.4 Å². The Kier molecular flexibility index (Phi) is 26.5. The minimum absolute atomic E-state index is 0.139. The standard InChI is InChI=1S/C8H16N2O2.C6H11NO.2C3H8.C2H5NO/c1-10-6(4-5-2-3-5)7(11)8(9)12;1-7-4-2-3-6(7)5-8;2*1-3-2;3-1-2-4/h5-7,10-11H,2-4H2,1H3,(H2,9,12);5-6H,2-4H2,1H3;2*3H2,1-2H3;2H,1,3H2. The monoisotopic (exact) mass is 432 g/mol. The molecule has 2 aliphatic rings. The van der Waals surface area contributed by atoms with E-state index in [2.05, 4.69) is 43.6 Å². The van der Waals surface area contributed by atoms with Gasteiger partial charge >= 0.3 is 0 Å². The van der Waals surface area contributed by atoms with Crippen molar-refractivity contribution in [3.8, 4) is 0 Å². The Bertz CT molecular complexity index is 405. The third-order valence-corrected chi connectivity index (χ3v) is 4.16. The molecule has 8 nitrogen and oxygen atoms in total. The number of hydrogen-bond acceptors (Lipinski definition) is 7. The highest BCUT2D eigenvalue weighted by atomic mass is 16.3. The molecule has 0 bridgehead atoms. The minimum Gasteiger partial charge on any atom is -0.382 e. The fraction of sp³-hybridized carbons (Fsp3) is 0.864. The zero-order valence-electron chi connectivity index (χ0n) is 20.1. The number of likely N-dealkylation sites (N-methyl/N-ethyl adjacent to an activating group) is 2. The van der Waals surface area contributed by atoms with Crippen LogP contribution in [0.2, 0.25) is 0 Å². The van der Waals surface area contributed by atoms with E-state index in [1.54, 1.807) is 7.05 Å². The van der Waals surface area contributed by atoms with Crippen molar-refractivity contribution in [3.63, 3.8) is 0 Å². The molecule has 1 aliphatic carbocycles. The summed E-state index contributed by atoms with van der Waals surface area (Å²) in [5.41, 5.74) is 9.64. The molecule has 1 saturated carbocycles. The lowest BCUT2D eigenvalue weighted by Crippen LogP contribution is -2.45. The number of aldehydes is 2. The van der Waals surface area contributed by atoms with Crippen LogP contribution in [0.3, 0.4) is 0 Å². The molecule has 0 radical (unpaired) electrons. The van der Waals surface area contributed by atoms with Crippen LogP contribution >= 0.6 is 0 Å². The zero-order valence-corrected chi connectivity index (χ0v) is 20.1. The first-order valence-electron chi connectivity index (χ1n) is 11.2. The van der Waals surface area contributed by atoms with Crippen LogP contribution in [0, 0.1) is 5.92 Å². The van der Waals surface area contributed by atoms with Gasteiger partial charge in [0.05, 0.1) is 6.04 Å². The normalized spacial score (nSPS) is 19.0. The number of likely N-dealkylation sites (tertiary alicyclic amines) is 1. The number of hydrogen-bond donors (Lipinski definition) is 4. The van der Waals surface area contributed by atoms with Gasteiger partial charge in [0.2, 0.25) is 5.91 Å². The average Bonchev–Trinajstić information content (AvgIpc) is 3.45. The Morgan fingerprint density at radius 3 is 1.83 bits per heavy atom. The highest BCUT2D eigenvalue weighted by molar-refractivity contribution is 5.79. The van der Waals surface area contributed by atoms with E-state index < -0.39 is 12.0 Å². The fourth-order valence-corrected chi connectivity index (χ4v) is 2.42. The summed E-state index contributed by atoms with van der Waals surface area (Å²) in [7, 11) is 3.73. The third-order valence-electron chi connectivity index (χ3n) is 4.16. The van der Waals surface area contributed by atoms with Gasteiger partial charge in [-0.1, -0.05) is 53.4 Å². The van der Waals surface area contributed by atoms with Crippen LogP contribution in [0.4, 0.5) is 0 Å². The molecule has 1 aliphatic heterocycles. The summed E-state index contributed by atoms with van der Waals surface area (Å²) in [5.74, 6) is 0.0337. The molecule has 0 spiro atoms. The summed E-state index contributed by atoms with van der Waals surface area (Å²) in [6.07, 6.45) is 8.65. The zero-order chi connectivity index (χ0) is 23.9. The van der Waals surface area contributed by atoms with Crippen molar-refractivity contribution >= 4 is 18.5 Å². The summed E-state index contributed by atoms with van der Waals surface area (Å²) < 4.78 is 0. The summed E-state index contributed by atoms with van der Waals surface area (Å²) in [6, 6.07) is 0.0463. The van der Waals surface area contributed by atoms with Gasteiger partial charge in [0.25, 0.3) is 0 Å². The SMILES string of the molecule is CCC.CCC.CN1CCCC1C=O.CNC(CC1CC1)C(O)C(N)=O.NCC=O. The predicted octanol–water partition coefficient (Wildman–Crippen LogP) is 1.48. The van der Waals surface area contributed by atoms with Gasteiger partial charge in [0.15, 0.2) is 0 Å². The number of primary amides is 1. The van der Waals surface area contributed by atoms with E-state index in [0.717, 1.165) is 25.7 Å². The molecule has 1 saturated heterocycles. The third kappa shape index (κ3) is 21.4. The first-order chi connectivity index (χ1) is 14.2. The summed E-state index contributed by atoms with van der Waals surface area (Å²) >= 11 is 0. The van der Waals surface area contributed by atoms with E-state index in [1.165, 1.54) is 32.1 Å². The summed E-state index contributed by atoms with van der Waals surface area (Å²) in [5, 5.41) is 12.2. The van der Waals surface area contributed by atoms with Gasteiger partial charge in [0, 0.05) is 12.6 Å². The van der Waals surface area contributed by atoms with Gasteiger partial charge in [-0.15, -0.1) is 0 Å². The quantitative estimate of drug-likeness (QED) is 0.447. The number of aliphatic hydroxyl groups is 1. The lowest BCUT2D eigenvalue weighted by molar-refractivity contribution is -0.127. The van der Waals surface area contributed by atoms with Gasteiger partial charge in [-0.3, -0.25) is 9.69 Å². The van der Waals surface area contributed by atoms with Crippen molar-refractivity contribution in [2.24, 2.45) is 17.4 Å². The Morgan fingerprint density at radius 2 is 1.63 bits per heavy atom. The number of amides is 1. The number of rotatable bonds is 7. The Balaban J connectivity index is -0.000000349. The number of carbonyl (C=O) groups excluding carboxylic acids is 3. The number of nitrogens with two attached hydrogens (primary N) is 2. The Hall–Kier alpha value is -1.35. The summed E-state index contributed by atoms with van der Waals surface area (Å²) in [4.78, 5) is 31.9. The number of aliphatic hydroxyl groups excluding tert-OH is 1. The average molecular weight is 433 g/mol. The molecule has 1 heterocycles. The van der Waals surface area contributed by atoms with Gasteiger partial charge in [-0.25, -0.2) is 0 Å². The predicted molar refractivity (Wildman–Crippen MR) is 124 cm³/mol. The molecule has 3 unspecified atom stereocenters. The maximum absolute atomic E-state index is 10.6. The molecule has 2 fully saturated rings. The fourth-order valence-electron chi connectivity index (χ4n) is 2.42. The Labute approximate surface area is 184 Å². The van der Waals surface area contributed by atoms with E-state index in [9.17, 15) is 14.7 Å². The van der Waals surface area contributed by atoms with Gasteiger partial charge in [-0.2, -0.15) is 0 Å². The van der Waals surface area contributed by atoms with Crippen LogP contribution in [-0.4, -0.2) is 73.9 Å². The maximum atomic E-state index is 10.6. The molecule has 0 aromatic rings. The van der Waals surface area contributed by atoms with Crippen molar-refractivity contribution in [1.82, 2.24) is 10.2 Å². The highest BCUT2D eigenvalue weighted by Gasteiger charge is 2.30. The van der Waals surface area contributed by atoms with Crippen molar-refractivity contribution in [2.45, 2.75) is 90.8 Å². The van der Waals surface area contributed by atoms with E-state index >= 15 is 0 Å². The maximum Gasteiger partial charge on any atom is 0.247 e. The molecule has 0 aromatic carbocycles. The molecule has 180 valence electrons. The van der Waals surface area contributed by atoms with Gasteiger partial charge in [0.1, 0.15) is 18.7 Å². The van der Waals surface area contributed by atoms with E-state index in [1.807, 2.05) is 7.05 Å². The molecule has 3 atom stereocenters. The molecule has 2 rings (SSSR count). The van der Waals surface area contributed by atoms with Crippen molar-refractivity contribution in [1.29, 1.82) is 0 Å². The van der Waals surface area contributed by atoms with Crippen molar-refractivity contribution in [2.75, 3.05) is 27.2 Å². The van der Waals surface area contributed by atoms with Gasteiger partial charge in [-0.05, 0) is 45.8 Å². The second-order valence-electron chi connectivity index (χ2n) is 7.56. The largest absolute Gasteiger partial charge is 0.382 e. The lowest BCUT2D eigenvalue weighted by Gasteiger charge is -2.19. The molecule has 8 heteroatoms. The van der Waals surface area contributed by atoms with E-state index in [4.69, 9.17) is 10.5 Å². The topological polar surface area (TPSA) is 139 Å². The van der Waals surface area contributed by atoms with Crippen LogP contribution in [0.15, 0.2) is 0 Å². The highest BCUT2D eigenvalue weighted by Crippen LogP contribution is 2.33. The Morgan fingerprint density at radius 1 is 1.17 bits per heavy atom. The summed E-state index contributed by atoms with van der Waals surface area (Å²) in [6.45, 7) is 9.73. The van der Waals surface area contributed by atoms with Crippen LogP contribution in [0.1, 0.15) is 72.6 Å². The van der Waals surface area contributed by atoms with E-state index in [0.29, 0.717) is 12.2 Å². The first-order valence-corrected chi connectivity index (χ1v) is 11.2. The van der Waals surface area contributed by atoms with E-state index in [-0.39, 0.29) is 18.6 Å². The number of nitrogens with zero attached hydrogens (tertiary/aromatic N) is 1. The molecule has 0 aromatic heterocycles. The molecular weight excluding hydrogens is 384 g/mol.